The Kier molecular flexibility index (Phi) is 31.2. The Morgan fingerprint density at radius 3 is 0.720 bits per heavy atom. The second-order valence-corrected chi connectivity index (χ2v) is 7.59. The molecule has 154 valence electrons. The monoisotopic (exact) mass is 356 g/mol. The van der Waals surface area contributed by atoms with Crippen LogP contribution in [0.15, 0.2) is 0 Å². The summed E-state index contributed by atoms with van der Waals surface area (Å²) in [7, 11) is 0. The molecule has 0 amide bonds. The van der Waals surface area contributed by atoms with Crippen LogP contribution in [0, 0.1) is 0 Å². The molecule has 0 heterocycles. The molecule has 0 unspecified atom stereocenters. The molecular formula is C23H52N2. The average Bonchev–Trinajstić information content (AvgIpc) is 2.63. The van der Waals surface area contributed by atoms with Gasteiger partial charge >= 0.3 is 0 Å². The van der Waals surface area contributed by atoms with Gasteiger partial charge in [-0.3, -0.25) is 0 Å². The zero-order valence-electron chi connectivity index (χ0n) is 18.0. The molecule has 2 nitrogen and oxygen atoms in total. The highest BCUT2D eigenvalue weighted by Crippen LogP contribution is 2.10. The fourth-order valence-corrected chi connectivity index (χ4v) is 3.09. The molecule has 0 rings (SSSR count). The molecule has 0 aliphatic rings. The summed E-state index contributed by atoms with van der Waals surface area (Å²) in [5.41, 5.74) is 10.8. The molecular weight excluding hydrogens is 304 g/mol. The van der Waals surface area contributed by atoms with Crippen LogP contribution in [0.5, 0.6) is 0 Å². The third-order valence-electron chi connectivity index (χ3n) is 4.87. The Bertz CT molecular complexity index is 175. The molecule has 0 fully saturated rings. The summed E-state index contributed by atoms with van der Waals surface area (Å²) in [4.78, 5) is 0. The van der Waals surface area contributed by atoms with Crippen LogP contribution in [0.25, 0.3) is 0 Å². The first-order valence-corrected chi connectivity index (χ1v) is 11.7. The van der Waals surface area contributed by atoms with E-state index >= 15 is 0 Å². The lowest BCUT2D eigenvalue weighted by Gasteiger charge is -2.00. The first kappa shape index (κ1) is 27.1. The molecule has 0 saturated heterocycles. The number of unbranched alkanes of at least 4 members (excludes halogenated alkanes) is 17. The Balaban J connectivity index is 0. The summed E-state index contributed by atoms with van der Waals surface area (Å²) < 4.78 is 0. The quantitative estimate of drug-likeness (QED) is 0.238. The van der Waals surface area contributed by atoms with Gasteiger partial charge in [0.15, 0.2) is 0 Å². The number of rotatable bonds is 19. The van der Waals surface area contributed by atoms with Crippen LogP contribution in [0.1, 0.15) is 136 Å². The summed E-state index contributed by atoms with van der Waals surface area (Å²) in [6.07, 6.45) is 26.4. The fraction of sp³-hybridized carbons (Fsp3) is 1.00. The van der Waals surface area contributed by atoms with Gasteiger partial charge in [-0.1, -0.05) is 123 Å². The maximum Gasteiger partial charge on any atom is -0.00773 e. The van der Waals surface area contributed by atoms with E-state index in [0.29, 0.717) is 0 Å². The van der Waals surface area contributed by atoms with E-state index in [1.54, 1.807) is 0 Å². The highest BCUT2D eigenvalue weighted by molar-refractivity contribution is 4.48. The van der Waals surface area contributed by atoms with E-state index in [4.69, 9.17) is 11.5 Å². The maximum atomic E-state index is 5.42. The highest BCUT2D eigenvalue weighted by atomic mass is 14.5. The van der Waals surface area contributed by atoms with Crippen molar-refractivity contribution in [3.05, 3.63) is 0 Å². The van der Waals surface area contributed by atoms with Gasteiger partial charge in [0.1, 0.15) is 0 Å². The third-order valence-corrected chi connectivity index (χ3v) is 4.87. The normalized spacial score (nSPS) is 10.6. The molecule has 0 aromatic heterocycles. The molecule has 0 aliphatic heterocycles. The number of hydrogen-bond donors (Lipinski definition) is 2. The summed E-state index contributed by atoms with van der Waals surface area (Å²) >= 11 is 0. The minimum atomic E-state index is 0.871. The Hall–Kier alpha value is -0.0800. The van der Waals surface area contributed by atoms with E-state index < -0.39 is 0 Å². The van der Waals surface area contributed by atoms with Gasteiger partial charge in [-0.15, -0.1) is 0 Å². The van der Waals surface area contributed by atoms with Crippen molar-refractivity contribution in [1.29, 1.82) is 0 Å². The smallest absolute Gasteiger partial charge is 0.00773 e. The summed E-state index contributed by atoms with van der Waals surface area (Å²) in [5.74, 6) is 0. The van der Waals surface area contributed by atoms with Crippen molar-refractivity contribution in [3.63, 3.8) is 0 Å². The van der Waals surface area contributed by atoms with Crippen LogP contribution in [-0.4, -0.2) is 13.1 Å². The Morgan fingerprint density at radius 1 is 0.320 bits per heavy atom. The van der Waals surface area contributed by atoms with Crippen LogP contribution in [0.3, 0.4) is 0 Å². The van der Waals surface area contributed by atoms with Gasteiger partial charge < -0.3 is 11.5 Å². The molecule has 0 spiro atoms. The molecule has 0 aromatic rings. The third kappa shape index (κ3) is 32.1. The lowest BCUT2D eigenvalue weighted by Crippen LogP contribution is -1.97. The minimum absolute atomic E-state index is 0.871. The van der Waals surface area contributed by atoms with Crippen molar-refractivity contribution in [3.8, 4) is 0 Å². The standard InChI is InChI=1S/C12H27N.C11H25N/c1-2-3-4-5-6-7-8-9-10-11-12-13;1-2-3-4-5-6-7-8-9-10-11-12/h2-13H2,1H3;2-12H2,1H3. The second-order valence-electron chi connectivity index (χ2n) is 7.59. The van der Waals surface area contributed by atoms with Crippen molar-refractivity contribution in [2.75, 3.05) is 13.1 Å². The average molecular weight is 357 g/mol. The van der Waals surface area contributed by atoms with E-state index in [1.807, 2.05) is 0 Å². The Morgan fingerprint density at radius 2 is 0.520 bits per heavy atom. The van der Waals surface area contributed by atoms with Crippen LogP contribution in [0.2, 0.25) is 0 Å². The Labute approximate surface area is 160 Å². The van der Waals surface area contributed by atoms with Gasteiger partial charge in [-0.2, -0.15) is 0 Å². The van der Waals surface area contributed by atoms with Crippen molar-refractivity contribution >= 4 is 0 Å². The molecule has 0 atom stereocenters. The minimum Gasteiger partial charge on any atom is -0.330 e. The number of hydrogen-bond acceptors (Lipinski definition) is 2. The van der Waals surface area contributed by atoms with E-state index in [0.717, 1.165) is 13.1 Å². The topological polar surface area (TPSA) is 52.0 Å². The maximum absolute atomic E-state index is 5.42. The van der Waals surface area contributed by atoms with Crippen LogP contribution in [-0.2, 0) is 0 Å². The van der Waals surface area contributed by atoms with Gasteiger partial charge in [-0.25, -0.2) is 0 Å². The summed E-state index contributed by atoms with van der Waals surface area (Å²) in [6, 6.07) is 0. The molecule has 0 aliphatic carbocycles. The van der Waals surface area contributed by atoms with Crippen LogP contribution >= 0.6 is 0 Å². The van der Waals surface area contributed by atoms with Crippen molar-refractivity contribution < 1.29 is 0 Å². The van der Waals surface area contributed by atoms with E-state index in [9.17, 15) is 0 Å². The van der Waals surface area contributed by atoms with Crippen LogP contribution in [0.4, 0.5) is 0 Å². The van der Waals surface area contributed by atoms with E-state index in [2.05, 4.69) is 13.8 Å². The second kappa shape index (κ2) is 28.7. The first-order chi connectivity index (χ1) is 12.3. The predicted octanol–water partition coefficient (Wildman–Crippen LogP) is 7.34. The lowest BCUT2D eigenvalue weighted by atomic mass is 10.1. The predicted molar refractivity (Wildman–Crippen MR) is 117 cm³/mol. The lowest BCUT2D eigenvalue weighted by molar-refractivity contribution is 0.558. The van der Waals surface area contributed by atoms with Gasteiger partial charge in [0, 0.05) is 0 Å². The largest absolute Gasteiger partial charge is 0.330 e. The molecule has 0 saturated carbocycles. The molecule has 0 radical (unpaired) electrons. The SMILES string of the molecule is CCCCCCCCCCCCN.CCCCCCCCCCCN. The summed E-state index contributed by atoms with van der Waals surface area (Å²) in [5, 5.41) is 0. The molecule has 2 heteroatoms. The highest BCUT2D eigenvalue weighted by Gasteiger charge is 1.91. The van der Waals surface area contributed by atoms with Crippen LogP contribution < -0.4 is 11.5 Å². The van der Waals surface area contributed by atoms with E-state index in [-0.39, 0.29) is 0 Å². The first-order valence-electron chi connectivity index (χ1n) is 11.7. The van der Waals surface area contributed by atoms with Crippen molar-refractivity contribution in [1.82, 2.24) is 0 Å². The number of nitrogens with two attached hydrogens (primary N) is 2. The molecule has 0 bridgehead atoms. The zero-order valence-corrected chi connectivity index (χ0v) is 18.0. The fourth-order valence-electron chi connectivity index (χ4n) is 3.09. The zero-order chi connectivity index (χ0) is 18.8. The van der Waals surface area contributed by atoms with Crippen molar-refractivity contribution in [2.24, 2.45) is 11.5 Å². The van der Waals surface area contributed by atoms with Gasteiger partial charge in [-0.05, 0) is 25.9 Å². The van der Waals surface area contributed by atoms with E-state index in [1.165, 1.54) is 122 Å². The molecule has 4 N–H and O–H groups in total. The van der Waals surface area contributed by atoms with Crippen molar-refractivity contribution in [2.45, 2.75) is 136 Å². The summed E-state index contributed by atoms with van der Waals surface area (Å²) in [6.45, 7) is 6.28. The van der Waals surface area contributed by atoms with Gasteiger partial charge in [0.25, 0.3) is 0 Å². The molecule has 25 heavy (non-hydrogen) atoms. The van der Waals surface area contributed by atoms with Gasteiger partial charge in [0.05, 0.1) is 0 Å². The van der Waals surface area contributed by atoms with Gasteiger partial charge in [0.2, 0.25) is 0 Å². The molecule has 0 aromatic carbocycles.